The maximum Gasteiger partial charge on any atom is 0.231 e. The lowest BCUT2D eigenvalue weighted by molar-refractivity contribution is -0.117. The molecular formula is C25H25ClN2O. The lowest BCUT2D eigenvalue weighted by Gasteiger charge is -2.42. The molecule has 1 fully saturated rings. The number of nitrogens with zero attached hydrogens (tertiary/aromatic N) is 1. The van der Waals surface area contributed by atoms with Gasteiger partial charge in [-0.2, -0.15) is 0 Å². The van der Waals surface area contributed by atoms with Crippen molar-refractivity contribution in [2.45, 2.75) is 25.2 Å². The average molecular weight is 405 g/mol. The first kappa shape index (κ1) is 19.5. The van der Waals surface area contributed by atoms with Crippen molar-refractivity contribution in [1.82, 2.24) is 0 Å². The van der Waals surface area contributed by atoms with E-state index in [1.165, 1.54) is 5.56 Å². The number of carbonyl (C=O) groups excluding carboxylic acids is 1. The minimum absolute atomic E-state index is 0.0425. The molecule has 0 aliphatic carbocycles. The third-order valence-corrected chi connectivity index (χ3v) is 5.90. The van der Waals surface area contributed by atoms with Crippen molar-refractivity contribution in [1.29, 1.82) is 0 Å². The lowest BCUT2D eigenvalue weighted by atomic mass is 9.90. The number of carbonyl (C=O) groups is 1. The molecule has 0 radical (unpaired) electrons. The molecule has 1 aliphatic rings. The van der Waals surface area contributed by atoms with Crippen LogP contribution in [0.4, 0.5) is 11.4 Å². The Hall–Kier alpha value is -2.78. The first-order valence-electron chi connectivity index (χ1n) is 10.1. The van der Waals surface area contributed by atoms with Gasteiger partial charge in [0.1, 0.15) is 0 Å². The number of halogens is 1. The smallest absolute Gasteiger partial charge is 0.231 e. The fraction of sp³-hybridized carbons (Fsp3) is 0.240. The van der Waals surface area contributed by atoms with Gasteiger partial charge >= 0.3 is 0 Å². The highest BCUT2D eigenvalue weighted by atomic mass is 35.5. The van der Waals surface area contributed by atoms with Gasteiger partial charge in [-0.05, 0) is 41.8 Å². The highest BCUT2D eigenvalue weighted by Crippen LogP contribution is 2.36. The number of hydrogen-bond acceptors (Lipinski definition) is 2. The van der Waals surface area contributed by atoms with Crippen molar-refractivity contribution in [3.05, 3.63) is 95.0 Å². The average Bonchev–Trinajstić information content (AvgIpc) is 2.71. The van der Waals surface area contributed by atoms with E-state index in [1.807, 2.05) is 60.7 Å². The third-order valence-electron chi connectivity index (χ3n) is 5.65. The first-order valence-corrected chi connectivity index (χ1v) is 10.5. The minimum Gasteiger partial charge on any atom is -0.368 e. The summed E-state index contributed by atoms with van der Waals surface area (Å²) >= 11 is 6.00. The highest BCUT2D eigenvalue weighted by molar-refractivity contribution is 6.30. The van der Waals surface area contributed by atoms with E-state index < -0.39 is 0 Å². The van der Waals surface area contributed by atoms with Crippen LogP contribution in [0.25, 0.3) is 0 Å². The molecule has 1 saturated heterocycles. The summed E-state index contributed by atoms with van der Waals surface area (Å²) in [5.41, 5.74) is 4.31. The van der Waals surface area contributed by atoms with Gasteiger partial charge in [0.05, 0.1) is 17.3 Å². The van der Waals surface area contributed by atoms with Crippen LogP contribution in [0.1, 0.15) is 36.3 Å². The monoisotopic (exact) mass is 404 g/mol. The maximum absolute atomic E-state index is 13.0. The molecule has 0 saturated carbocycles. The Morgan fingerprint density at radius 3 is 2.34 bits per heavy atom. The highest BCUT2D eigenvalue weighted by Gasteiger charge is 2.30. The van der Waals surface area contributed by atoms with Crippen LogP contribution in [0, 0.1) is 0 Å². The number of benzene rings is 3. The van der Waals surface area contributed by atoms with E-state index >= 15 is 0 Å². The Kier molecular flexibility index (Phi) is 5.86. The molecule has 1 atom stereocenters. The van der Waals surface area contributed by atoms with Crippen LogP contribution in [-0.2, 0) is 4.79 Å². The van der Waals surface area contributed by atoms with E-state index in [9.17, 15) is 4.79 Å². The maximum atomic E-state index is 13.0. The standard InChI is InChI=1S/C25H25ClN2O/c1-2-22(19-8-4-3-5-9-19)25(29)27-23-10-6-7-11-24(23)28-16-20(17-28)18-12-14-21(26)15-13-18/h3-15,20,22H,2,16-17H2,1H3,(H,27,29)/t22-/m0/s1. The second-order valence-corrected chi connectivity index (χ2v) is 7.97. The number of amides is 1. The van der Waals surface area contributed by atoms with Gasteiger partial charge in [0, 0.05) is 24.0 Å². The zero-order valence-electron chi connectivity index (χ0n) is 16.5. The Morgan fingerprint density at radius 2 is 1.66 bits per heavy atom. The zero-order valence-corrected chi connectivity index (χ0v) is 17.3. The Bertz CT molecular complexity index is 966. The molecule has 0 aromatic heterocycles. The van der Waals surface area contributed by atoms with Crippen LogP contribution in [0.3, 0.4) is 0 Å². The molecular weight excluding hydrogens is 380 g/mol. The molecule has 3 nitrogen and oxygen atoms in total. The summed E-state index contributed by atoms with van der Waals surface area (Å²) in [5, 5.41) is 3.94. The molecule has 1 aliphatic heterocycles. The van der Waals surface area contributed by atoms with Crippen molar-refractivity contribution in [2.24, 2.45) is 0 Å². The van der Waals surface area contributed by atoms with Crippen LogP contribution in [0.15, 0.2) is 78.9 Å². The van der Waals surface area contributed by atoms with E-state index in [4.69, 9.17) is 11.6 Å². The summed E-state index contributed by atoms with van der Waals surface area (Å²) < 4.78 is 0. The molecule has 3 aromatic rings. The normalized spacial score (nSPS) is 14.9. The quantitative estimate of drug-likeness (QED) is 0.540. The summed E-state index contributed by atoms with van der Waals surface area (Å²) in [6, 6.07) is 26.1. The summed E-state index contributed by atoms with van der Waals surface area (Å²) in [4.78, 5) is 15.3. The topological polar surface area (TPSA) is 32.3 Å². The fourth-order valence-corrected chi connectivity index (χ4v) is 4.08. The number of anilines is 2. The van der Waals surface area contributed by atoms with Crippen LogP contribution in [0.5, 0.6) is 0 Å². The summed E-state index contributed by atoms with van der Waals surface area (Å²) in [7, 11) is 0. The van der Waals surface area contributed by atoms with E-state index in [1.54, 1.807) is 0 Å². The van der Waals surface area contributed by atoms with Crippen LogP contribution < -0.4 is 10.2 Å². The van der Waals surface area contributed by atoms with Gasteiger partial charge in [0.25, 0.3) is 0 Å². The van der Waals surface area contributed by atoms with Crippen molar-refractivity contribution >= 4 is 28.9 Å². The van der Waals surface area contributed by atoms with Crippen molar-refractivity contribution in [3.63, 3.8) is 0 Å². The SMILES string of the molecule is CC[C@H](C(=O)Nc1ccccc1N1CC(c2ccc(Cl)cc2)C1)c1ccccc1. The largest absolute Gasteiger partial charge is 0.368 e. The van der Waals surface area contributed by atoms with Crippen LogP contribution in [-0.4, -0.2) is 19.0 Å². The van der Waals surface area contributed by atoms with E-state index in [0.29, 0.717) is 5.92 Å². The predicted molar refractivity (Wildman–Crippen MR) is 121 cm³/mol. The van der Waals surface area contributed by atoms with E-state index in [0.717, 1.165) is 41.5 Å². The molecule has 1 heterocycles. The predicted octanol–water partition coefficient (Wildman–Crippen LogP) is 6.08. The molecule has 1 N–H and O–H groups in total. The van der Waals surface area contributed by atoms with Gasteiger partial charge in [-0.15, -0.1) is 0 Å². The molecule has 0 bridgehead atoms. The van der Waals surface area contributed by atoms with Gasteiger partial charge in [0.2, 0.25) is 5.91 Å². The number of para-hydroxylation sites is 2. The van der Waals surface area contributed by atoms with E-state index in [2.05, 4.69) is 35.3 Å². The fourth-order valence-electron chi connectivity index (χ4n) is 3.95. The summed E-state index contributed by atoms with van der Waals surface area (Å²) in [5.74, 6) is 0.382. The number of hydrogen-bond donors (Lipinski definition) is 1. The second-order valence-electron chi connectivity index (χ2n) is 7.53. The zero-order chi connectivity index (χ0) is 20.2. The van der Waals surface area contributed by atoms with Gasteiger partial charge in [0.15, 0.2) is 0 Å². The number of rotatable bonds is 6. The molecule has 4 rings (SSSR count). The van der Waals surface area contributed by atoms with E-state index in [-0.39, 0.29) is 11.8 Å². The van der Waals surface area contributed by atoms with Crippen molar-refractivity contribution in [3.8, 4) is 0 Å². The molecule has 29 heavy (non-hydrogen) atoms. The summed E-state index contributed by atoms with van der Waals surface area (Å²) in [6.07, 6.45) is 0.764. The lowest BCUT2D eigenvalue weighted by Crippen LogP contribution is -2.45. The molecule has 148 valence electrons. The Morgan fingerprint density at radius 1 is 1.00 bits per heavy atom. The molecule has 0 spiro atoms. The van der Waals surface area contributed by atoms with Gasteiger partial charge in [-0.25, -0.2) is 0 Å². The summed E-state index contributed by atoms with van der Waals surface area (Å²) in [6.45, 7) is 3.92. The van der Waals surface area contributed by atoms with Crippen LogP contribution in [0.2, 0.25) is 5.02 Å². The third kappa shape index (κ3) is 4.30. The van der Waals surface area contributed by atoms with Crippen molar-refractivity contribution in [2.75, 3.05) is 23.3 Å². The van der Waals surface area contributed by atoms with Gasteiger partial charge in [-0.1, -0.05) is 73.1 Å². The Labute approximate surface area is 177 Å². The first-order chi connectivity index (χ1) is 14.2. The van der Waals surface area contributed by atoms with Crippen molar-refractivity contribution < 1.29 is 4.79 Å². The Balaban J connectivity index is 1.46. The molecule has 1 amide bonds. The second kappa shape index (κ2) is 8.71. The van der Waals surface area contributed by atoms with Gasteiger partial charge < -0.3 is 10.2 Å². The number of nitrogens with one attached hydrogen (secondary N) is 1. The minimum atomic E-state index is -0.150. The van der Waals surface area contributed by atoms with Gasteiger partial charge in [-0.3, -0.25) is 4.79 Å². The molecule has 3 aromatic carbocycles. The van der Waals surface area contributed by atoms with Crippen LogP contribution >= 0.6 is 11.6 Å². The molecule has 0 unspecified atom stereocenters. The molecule has 4 heteroatoms.